The Bertz CT molecular complexity index is 758. The first kappa shape index (κ1) is 19.1. The molecule has 1 aliphatic rings. The van der Waals surface area contributed by atoms with Gasteiger partial charge in [-0.05, 0) is 25.1 Å². The van der Waals surface area contributed by atoms with Crippen LogP contribution in [0.2, 0.25) is 0 Å². The molecule has 2 heterocycles. The number of rotatable bonds is 8. The molecule has 2 aromatic rings. The van der Waals surface area contributed by atoms with Gasteiger partial charge in [-0.25, -0.2) is 4.79 Å². The van der Waals surface area contributed by atoms with Crippen LogP contribution < -0.4 is 9.47 Å². The third-order valence-electron chi connectivity index (χ3n) is 4.22. The van der Waals surface area contributed by atoms with Crippen molar-refractivity contribution in [2.45, 2.75) is 6.92 Å². The van der Waals surface area contributed by atoms with Crippen molar-refractivity contribution in [2.24, 2.45) is 0 Å². The van der Waals surface area contributed by atoms with Gasteiger partial charge in [0.05, 0.1) is 26.9 Å². The van der Waals surface area contributed by atoms with E-state index in [1.807, 2.05) is 6.07 Å². The number of morpholine rings is 1. The van der Waals surface area contributed by atoms with E-state index in [-0.39, 0.29) is 12.3 Å². The smallest absolute Gasteiger partial charge is 0.361 e. The quantitative estimate of drug-likeness (QED) is 0.690. The number of ether oxygens (including phenoxy) is 4. The highest BCUT2D eigenvalue weighted by atomic mass is 16.5. The van der Waals surface area contributed by atoms with Crippen molar-refractivity contribution < 1.29 is 23.7 Å². The minimum absolute atomic E-state index is 0.139. The van der Waals surface area contributed by atoms with Gasteiger partial charge in [-0.1, -0.05) is 0 Å². The highest BCUT2D eigenvalue weighted by molar-refractivity contribution is 5.94. The molecule has 9 nitrogen and oxygen atoms in total. The molecule has 27 heavy (non-hydrogen) atoms. The van der Waals surface area contributed by atoms with E-state index in [2.05, 4.69) is 20.3 Å². The Hall–Kier alpha value is -2.65. The number of aromatic amines is 1. The standard InChI is InChI=1S/C18H24N4O5/c1-3-26-18(23)17-16(19-21-20-17)13-4-5-14(15(12-13)24-2)27-11-8-22-6-9-25-10-7-22/h4-5,12H,3,6-11H2,1-2H3,(H,19,20,21). The van der Waals surface area contributed by atoms with E-state index in [0.717, 1.165) is 32.8 Å². The third-order valence-corrected chi connectivity index (χ3v) is 4.22. The molecule has 1 saturated heterocycles. The number of nitrogens with zero attached hydrogens (tertiary/aromatic N) is 3. The van der Waals surface area contributed by atoms with Gasteiger partial charge in [0, 0.05) is 25.2 Å². The molecule has 0 atom stereocenters. The molecule has 0 amide bonds. The highest BCUT2D eigenvalue weighted by Crippen LogP contribution is 2.32. The second-order valence-corrected chi connectivity index (χ2v) is 5.91. The summed E-state index contributed by atoms with van der Waals surface area (Å²) < 4.78 is 21.7. The van der Waals surface area contributed by atoms with Crippen molar-refractivity contribution in [1.29, 1.82) is 0 Å². The van der Waals surface area contributed by atoms with Gasteiger partial charge < -0.3 is 18.9 Å². The summed E-state index contributed by atoms with van der Waals surface area (Å²) in [6, 6.07) is 5.38. The average molecular weight is 376 g/mol. The molecular weight excluding hydrogens is 352 g/mol. The average Bonchev–Trinajstić information content (AvgIpc) is 3.19. The van der Waals surface area contributed by atoms with Crippen molar-refractivity contribution >= 4 is 5.97 Å². The summed E-state index contributed by atoms with van der Waals surface area (Å²) in [7, 11) is 1.57. The van der Waals surface area contributed by atoms with E-state index in [1.165, 1.54) is 0 Å². The maximum absolute atomic E-state index is 12.0. The second-order valence-electron chi connectivity index (χ2n) is 5.91. The van der Waals surface area contributed by atoms with Gasteiger partial charge in [0.25, 0.3) is 0 Å². The van der Waals surface area contributed by atoms with Gasteiger partial charge >= 0.3 is 5.97 Å². The first-order valence-electron chi connectivity index (χ1n) is 8.92. The van der Waals surface area contributed by atoms with Crippen LogP contribution in [0.25, 0.3) is 11.3 Å². The van der Waals surface area contributed by atoms with E-state index >= 15 is 0 Å². The van der Waals surface area contributed by atoms with Gasteiger partial charge in [-0.15, -0.1) is 5.10 Å². The Morgan fingerprint density at radius 2 is 2.07 bits per heavy atom. The summed E-state index contributed by atoms with van der Waals surface area (Å²) in [5.41, 5.74) is 1.23. The largest absolute Gasteiger partial charge is 0.493 e. The molecule has 146 valence electrons. The lowest BCUT2D eigenvalue weighted by atomic mass is 10.1. The molecule has 0 unspecified atom stereocenters. The predicted octanol–water partition coefficient (Wildman–Crippen LogP) is 1.37. The number of carbonyl (C=O) groups excluding carboxylic acids is 1. The zero-order valence-corrected chi connectivity index (χ0v) is 15.6. The summed E-state index contributed by atoms with van der Waals surface area (Å²) in [5.74, 6) is 0.675. The molecule has 9 heteroatoms. The molecule has 0 spiro atoms. The molecule has 1 aromatic heterocycles. The summed E-state index contributed by atoms with van der Waals surface area (Å²) >= 11 is 0. The van der Waals surface area contributed by atoms with Crippen LogP contribution in [0, 0.1) is 0 Å². The lowest BCUT2D eigenvalue weighted by Crippen LogP contribution is -2.38. The van der Waals surface area contributed by atoms with E-state index < -0.39 is 5.97 Å². The predicted molar refractivity (Wildman–Crippen MR) is 97.1 cm³/mol. The third kappa shape index (κ3) is 4.75. The van der Waals surface area contributed by atoms with Crippen LogP contribution >= 0.6 is 0 Å². The molecule has 0 saturated carbocycles. The minimum Gasteiger partial charge on any atom is -0.493 e. The summed E-state index contributed by atoms with van der Waals surface area (Å²) in [5, 5.41) is 10.4. The first-order chi connectivity index (χ1) is 13.2. The fraction of sp³-hybridized carbons (Fsp3) is 0.500. The summed E-state index contributed by atoms with van der Waals surface area (Å²) in [4.78, 5) is 14.3. The maximum Gasteiger partial charge on any atom is 0.361 e. The van der Waals surface area contributed by atoms with Gasteiger partial charge in [0.2, 0.25) is 0 Å². The van der Waals surface area contributed by atoms with Crippen LogP contribution in [-0.4, -0.2) is 79.5 Å². The first-order valence-corrected chi connectivity index (χ1v) is 8.92. The Labute approximate surface area is 157 Å². The van der Waals surface area contributed by atoms with E-state index in [1.54, 1.807) is 26.2 Å². The number of benzene rings is 1. The molecule has 3 rings (SSSR count). The summed E-state index contributed by atoms with van der Waals surface area (Å²) in [6.07, 6.45) is 0. The van der Waals surface area contributed by atoms with Crippen molar-refractivity contribution in [1.82, 2.24) is 20.3 Å². The maximum atomic E-state index is 12.0. The number of nitrogens with one attached hydrogen (secondary N) is 1. The van der Waals surface area contributed by atoms with Crippen LogP contribution in [0.4, 0.5) is 0 Å². The molecular formula is C18H24N4O5. The Balaban J connectivity index is 1.69. The topological polar surface area (TPSA) is 98.8 Å². The van der Waals surface area contributed by atoms with E-state index in [9.17, 15) is 4.79 Å². The number of carbonyl (C=O) groups is 1. The van der Waals surface area contributed by atoms with Crippen molar-refractivity contribution in [3.05, 3.63) is 23.9 Å². The van der Waals surface area contributed by atoms with E-state index in [0.29, 0.717) is 29.4 Å². The van der Waals surface area contributed by atoms with Crippen molar-refractivity contribution in [3.8, 4) is 22.8 Å². The number of H-pyrrole nitrogens is 1. The Morgan fingerprint density at radius 3 is 2.81 bits per heavy atom. The molecule has 1 N–H and O–H groups in total. The normalized spacial score (nSPS) is 14.7. The van der Waals surface area contributed by atoms with Crippen LogP contribution in [0.1, 0.15) is 17.4 Å². The number of hydrogen-bond acceptors (Lipinski definition) is 8. The number of hydrogen-bond donors (Lipinski definition) is 1. The Morgan fingerprint density at radius 1 is 1.26 bits per heavy atom. The SMILES string of the molecule is CCOC(=O)c1n[nH]nc1-c1ccc(OCCN2CCOCC2)c(OC)c1. The monoisotopic (exact) mass is 376 g/mol. The molecule has 1 fully saturated rings. The van der Waals surface area contributed by atoms with Gasteiger partial charge in [0.1, 0.15) is 12.3 Å². The van der Waals surface area contributed by atoms with Gasteiger partial charge in [0.15, 0.2) is 17.2 Å². The number of esters is 1. The highest BCUT2D eigenvalue weighted by Gasteiger charge is 2.20. The summed E-state index contributed by atoms with van der Waals surface area (Å²) in [6.45, 7) is 6.74. The van der Waals surface area contributed by atoms with Gasteiger partial charge in [-0.2, -0.15) is 10.3 Å². The Kier molecular flexibility index (Phi) is 6.61. The molecule has 1 aliphatic heterocycles. The van der Waals surface area contributed by atoms with Gasteiger partial charge in [-0.3, -0.25) is 4.90 Å². The molecule has 1 aromatic carbocycles. The zero-order chi connectivity index (χ0) is 19.1. The van der Waals surface area contributed by atoms with Crippen LogP contribution in [0.3, 0.4) is 0 Å². The lowest BCUT2D eigenvalue weighted by Gasteiger charge is -2.26. The second kappa shape index (κ2) is 9.33. The number of methoxy groups -OCH3 is 1. The molecule has 0 aliphatic carbocycles. The molecule has 0 radical (unpaired) electrons. The van der Waals surface area contributed by atoms with E-state index in [4.69, 9.17) is 18.9 Å². The lowest BCUT2D eigenvalue weighted by molar-refractivity contribution is 0.0321. The van der Waals surface area contributed by atoms with Crippen LogP contribution in [0.15, 0.2) is 18.2 Å². The minimum atomic E-state index is -0.522. The van der Waals surface area contributed by atoms with Crippen molar-refractivity contribution in [2.75, 3.05) is 53.2 Å². The number of aromatic nitrogens is 3. The fourth-order valence-corrected chi connectivity index (χ4v) is 2.82. The molecule has 0 bridgehead atoms. The van der Waals surface area contributed by atoms with Crippen molar-refractivity contribution in [3.63, 3.8) is 0 Å². The van der Waals surface area contributed by atoms with Crippen LogP contribution in [0.5, 0.6) is 11.5 Å². The zero-order valence-electron chi connectivity index (χ0n) is 15.6. The van der Waals surface area contributed by atoms with Crippen LogP contribution in [-0.2, 0) is 9.47 Å². The fourth-order valence-electron chi connectivity index (χ4n) is 2.82.